The molecule has 1 aromatic rings. The summed E-state index contributed by atoms with van der Waals surface area (Å²) in [6.45, 7) is 5.23. The molecule has 1 N–H and O–H groups in total. The molecule has 33 heavy (non-hydrogen) atoms. The lowest BCUT2D eigenvalue weighted by Crippen LogP contribution is -2.55. The molecule has 0 aliphatic carbocycles. The van der Waals surface area contributed by atoms with Crippen molar-refractivity contribution in [2.45, 2.75) is 44.4 Å². The number of halogens is 1. The van der Waals surface area contributed by atoms with E-state index < -0.39 is 4.92 Å². The summed E-state index contributed by atoms with van der Waals surface area (Å²) in [5, 5.41) is 14.3. The van der Waals surface area contributed by atoms with E-state index in [2.05, 4.69) is 10.2 Å². The highest BCUT2D eigenvalue weighted by Gasteiger charge is 2.31. The number of nitro groups is 1. The van der Waals surface area contributed by atoms with Gasteiger partial charge in [0.1, 0.15) is 6.10 Å². The quantitative estimate of drug-likeness (QED) is 0.183. The zero-order valence-corrected chi connectivity index (χ0v) is 21.0. The minimum absolute atomic E-state index is 0. The van der Waals surface area contributed by atoms with Crippen LogP contribution in [0.1, 0.15) is 31.2 Å². The summed E-state index contributed by atoms with van der Waals surface area (Å²) in [6, 6.07) is 6.47. The maximum atomic E-state index is 12.6. The maximum absolute atomic E-state index is 12.6. The van der Waals surface area contributed by atoms with E-state index in [-0.39, 0.29) is 47.8 Å². The molecule has 0 radical (unpaired) electrons. The first kappa shape index (κ1) is 25.6. The van der Waals surface area contributed by atoms with Gasteiger partial charge >= 0.3 is 0 Å². The van der Waals surface area contributed by atoms with Crippen LogP contribution in [0.2, 0.25) is 0 Å². The van der Waals surface area contributed by atoms with Crippen LogP contribution in [-0.2, 0) is 20.8 Å². The third-order valence-electron chi connectivity index (χ3n) is 6.17. The van der Waals surface area contributed by atoms with Gasteiger partial charge in [-0.25, -0.2) is 4.99 Å². The fourth-order valence-electron chi connectivity index (χ4n) is 4.28. The third kappa shape index (κ3) is 7.00. The van der Waals surface area contributed by atoms with Crippen LogP contribution in [-0.4, -0.2) is 84.7 Å². The van der Waals surface area contributed by atoms with Crippen LogP contribution in [0.25, 0.3) is 0 Å². The van der Waals surface area contributed by atoms with Crippen molar-refractivity contribution in [2.75, 3.05) is 45.9 Å². The van der Waals surface area contributed by atoms with Gasteiger partial charge in [0.15, 0.2) is 5.96 Å². The predicted molar refractivity (Wildman–Crippen MR) is 134 cm³/mol. The second kappa shape index (κ2) is 12.5. The molecule has 3 fully saturated rings. The Morgan fingerprint density at radius 1 is 1.06 bits per heavy atom. The van der Waals surface area contributed by atoms with Gasteiger partial charge in [0.25, 0.3) is 11.6 Å². The maximum Gasteiger partial charge on any atom is 0.269 e. The molecule has 182 valence electrons. The number of ether oxygens (including phenoxy) is 2. The number of non-ortho nitro benzene ring substituents is 1. The highest BCUT2D eigenvalue weighted by atomic mass is 127. The number of nitrogens with one attached hydrogen (secondary N) is 1. The Morgan fingerprint density at radius 2 is 1.73 bits per heavy atom. The number of amides is 1. The zero-order valence-electron chi connectivity index (χ0n) is 18.7. The molecule has 1 amide bonds. The number of hydrogen-bond acceptors (Lipinski definition) is 6. The standard InChI is InChI=1S/C22H31N5O5.HI/c28-21(20-4-2-14-32-20)25-9-11-26(12-10-25)22(24-16-19-3-1-13-31-19)23-15-17-5-7-18(8-6-17)27(29)30;/h5-8,19-20H,1-4,9-16H2,(H,23,24);1H. The zero-order chi connectivity index (χ0) is 22.3. The molecule has 3 saturated heterocycles. The molecule has 3 aliphatic rings. The number of carbonyl (C=O) groups excluding carboxylic acids is 1. The Bertz CT molecular complexity index is 817. The third-order valence-corrected chi connectivity index (χ3v) is 6.17. The molecule has 11 heteroatoms. The lowest BCUT2D eigenvalue weighted by atomic mass is 10.2. The Labute approximate surface area is 210 Å². The smallest absolute Gasteiger partial charge is 0.269 e. The molecular weight excluding hydrogens is 541 g/mol. The van der Waals surface area contributed by atoms with Crippen LogP contribution in [0.15, 0.2) is 29.3 Å². The SMILES string of the molecule is I.O=C(C1CCCO1)N1CCN(C(=NCc2ccc([N+](=O)[O-])cc2)NCC2CCCO2)CC1. The molecule has 3 aliphatic heterocycles. The molecule has 0 saturated carbocycles. The van der Waals surface area contributed by atoms with Gasteiger partial charge in [-0.1, -0.05) is 12.1 Å². The fraction of sp³-hybridized carbons (Fsp3) is 0.636. The van der Waals surface area contributed by atoms with E-state index in [0.29, 0.717) is 45.9 Å². The Balaban J connectivity index is 0.00000306. The summed E-state index contributed by atoms with van der Waals surface area (Å²) < 4.78 is 11.3. The first-order valence-corrected chi connectivity index (χ1v) is 11.4. The molecule has 2 unspecified atom stereocenters. The first-order chi connectivity index (χ1) is 15.6. The minimum Gasteiger partial charge on any atom is -0.376 e. The van der Waals surface area contributed by atoms with E-state index in [0.717, 1.165) is 43.8 Å². The van der Waals surface area contributed by atoms with E-state index in [9.17, 15) is 14.9 Å². The average Bonchev–Trinajstić information content (AvgIpc) is 3.54. The predicted octanol–water partition coefficient (Wildman–Crippen LogP) is 2.16. The van der Waals surface area contributed by atoms with Crippen LogP contribution in [0.3, 0.4) is 0 Å². The summed E-state index contributed by atoms with van der Waals surface area (Å²) in [4.78, 5) is 31.9. The van der Waals surface area contributed by atoms with Crippen LogP contribution in [0.4, 0.5) is 5.69 Å². The van der Waals surface area contributed by atoms with Gasteiger partial charge in [-0.05, 0) is 31.2 Å². The topological polar surface area (TPSA) is 110 Å². The molecule has 2 atom stereocenters. The van der Waals surface area contributed by atoms with Crippen molar-refractivity contribution in [2.24, 2.45) is 4.99 Å². The second-order valence-corrected chi connectivity index (χ2v) is 8.39. The number of aliphatic imine (C=N–C) groups is 1. The summed E-state index contributed by atoms with van der Waals surface area (Å²) in [6.07, 6.45) is 3.77. The normalized spacial score (nSPS) is 23.3. The van der Waals surface area contributed by atoms with Gasteiger partial charge in [0.05, 0.1) is 17.6 Å². The summed E-state index contributed by atoms with van der Waals surface area (Å²) in [5.41, 5.74) is 0.973. The van der Waals surface area contributed by atoms with Crippen molar-refractivity contribution in [1.29, 1.82) is 0 Å². The molecule has 0 spiro atoms. The Hall–Kier alpha value is -1.99. The molecule has 1 aromatic carbocycles. The first-order valence-electron chi connectivity index (χ1n) is 11.4. The van der Waals surface area contributed by atoms with Crippen LogP contribution >= 0.6 is 24.0 Å². The van der Waals surface area contributed by atoms with Gasteiger partial charge in [-0.3, -0.25) is 14.9 Å². The van der Waals surface area contributed by atoms with E-state index in [4.69, 9.17) is 14.5 Å². The minimum atomic E-state index is -0.404. The number of rotatable bonds is 6. The summed E-state index contributed by atoms with van der Waals surface area (Å²) in [5.74, 6) is 0.877. The molecule has 10 nitrogen and oxygen atoms in total. The highest BCUT2D eigenvalue weighted by molar-refractivity contribution is 14.0. The Morgan fingerprint density at radius 3 is 2.33 bits per heavy atom. The van der Waals surface area contributed by atoms with Gasteiger partial charge < -0.3 is 24.6 Å². The summed E-state index contributed by atoms with van der Waals surface area (Å²) >= 11 is 0. The van der Waals surface area contributed by atoms with E-state index in [1.54, 1.807) is 12.1 Å². The summed E-state index contributed by atoms with van der Waals surface area (Å²) in [7, 11) is 0. The largest absolute Gasteiger partial charge is 0.376 e. The number of piperazine rings is 1. The Kier molecular flexibility index (Phi) is 9.68. The number of nitro benzene ring substituents is 1. The van der Waals surface area contributed by atoms with Crippen LogP contribution in [0.5, 0.6) is 0 Å². The number of nitrogens with zero attached hydrogens (tertiary/aromatic N) is 4. The van der Waals surface area contributed by atoms with E-state index in [1.165, 1.54) is 12.1 Å². The molecule has 3 heterocycles. The van der Waals surface area contributed by atoms with Crippen molar-refractivity contribution in [3.05, 3.63) is 39.9 Å². The van der Waals surface area contributed by atoms with Crippen LogP contribution in [0, 0.1) is 10.1 Å². The van der Waals surface area contributed by atoms with Crippen molar-refractivity contribution < 1.29 is 19.2 Å². The average molecular weight is 573 g/mol. The lowest BCUT2D eigenvalue weighted by molar-refractivity contribution is -0.384. The van der Waals surface area contributed by atoms with Gasteiger partial charge in [0.2, 0.25) is 0 Å². The van der Waals surface area contributed by atoms with Crippen molar-refractivity contribution in [3.63, 3.8) is 0 Å². The van der Waals surface area contributed by atoms with Crippen molar-refractivity contribution >= 4 is 41.5 Å². The molecule has 0 bridgehead atoms. The monoisotopic (exact) mass is 573 g/mol. The molecule has 4 rings (SSSR count). The van der Waals surface area contributed by atoms with Gasteiger partial charge in [-0.2, -0.15) is 0 Å². The van der Waals surface area contributed by atoms with E-state index in [1.807, 2.05) is 4.90 Å². The lowest BCUT2D eigenvalue weighted by Gasteiger charge is -2.37. The van der Waals surface area contributed by atoms with E-state index >= 15 is 0 Å². The number of guanidine groups is 1. The van der Waals surface area contributed by atoms with Crippen LogP contribution < -0.4 is 5.32 Å². The number of hydrogen-bond donors (Lipinski definition) is 1. The van der Waals surface area contributed by atoms with Crippen molar-refractivity contribution in [3.8, 4) is 0 Å². The fourth-order valence-corrected chi connectivity index (χ4v) is 4.28. The number of benzene rings is 1. The second-order valence-electron chi connectivity index (χ2n) is 8.39. The number of carbonyl (C=O) groups is 1. The molecular formula is C22H32IN5O5. The molecule has 0 aromatic heterocycles. The van der Waals surface area contributed by atoms with Crippen molar-refractivity contribution in [1.82, 2.24) is 15.1 Å². The van der Waals surface area contributed by atoms with Gasteiger partial charge in [0, 0.05) is 58.1 Å². The van der Waals surface area contributed by atoms with Gasteiger partial charge in [-0.15, -0.1) is 24.0 Å². The highest BCUT2D eigenvalue weighted by Crippen LogP contribution is 2.17.